The summed E-state index contributed by atoms with van der Waals surface area (Å²) in [6.07, 6.45) is 7.31. The smallest absolute Gasteiger partial charge is 0.199 e. The zero-order valence-corrected chi connectivity index (χ0v) is 15.3. The summed E-state index contributed by atoms with van der Waals surface area (Å²) in [5.74, 6) is 0.723. The zero-order valence-electron chi connectivity index (χ0n) is 14.5. The molecule has 0 heterocycles. The Labute approximate surface area is 131 Å². The van der Waals surface area contributed by atoms with Gasteiger partial charge in [0.05, 0.1) is 0 Å². The molecule has 1 N–H and O–H groups in total. The first-order valence-corrected chi connectivity index (χ1v) is 9.90. The van der Waals surface area contributed by atoms with E-state index in [-0.39, 0.29) is 6.04 Å². The van der Waals surface area contributed by atoms with Gasteiger partial charge in [-0.3, -0.25) is 0 Å². The lowest BCUT2D eigenvalue weighted by Crippen LogP contribution is -2.46. The first kappa shape index (κ1) is 18.9. The number of hydrogen-bond acceptors (Lipinski definition) is 2. The molecule has 0 spiro atoms. The van der Waals surface area contributed by atoms with Crippen LogP contribution in [0.2, 0.25) is 0 Å². The van der Waals surface area contributed by atoms with E-state index in [1.165, 1.54) is 10.7 Å². The van der Waals surface area contributed by atoms with Gasteiger partial charge in [0.15, 0.2) is 0 Å². The molecule has 21 heavy (non-hydrogen) atoms. The fourth-order valence-corrected chi connectivity index (χ4v) is 4.29. The highest BCUT2D eigenvalue weighted by atomic mass is 32.2. The van der Waals surface area contributed by atoms with E-state index in [1.54, 1.807) is 7.05 Å². The van der Waals surface area contributed by atoms with Crippen LogP contribution in [0.5, 0.6) is 0 Å². The van der Waals surface area contributed by atoms with Crippen LogP contribution in [-0.2, 0) is 10.2 Å². The lowest BCUT2D eigenvalue weighted by atomic mass is 9.69. The molecule has 0 atom stereocenters. The van der Waals surface area contributed by atoms with E-state index in [0.717, 1.165) is 44.4 Å². The van der Waals surface area contributed by atoms with Gasteiger partial charge in [0.25, 0.3) is 10.2 Å². The van der Waals surface area contributed by atoms with Gasteiger partial charge in [-0.25, -0.2) is 0 Å². The molecule has 1 fully saturated rings. The van der Waals surface area contributed by atoms with Crippen molar-refractivity contribution < 1.29 is 8.42 Å². The first-order chi connectivity index (χ1) is 9.73. The highest BCUT2D eigenvalue weighted by Gasteiger charge is 2.33. The topological polar surface area (TPSA) is 49.4 Å². The molecular formula is C16H34N2O2S. The highest BCUT2D eigenvalue weighted by molar-refractivity contribution is 7.87. The van der Waals surface area contributed by atoms with E-state index in [2.05, 4.69) is 32.4 Å². The molecule has 0 aromatic heterocycles. The van der Waals surface area contributed by atoms with Crippen molar-refractivity contribution in [2.45, 2.75) is 78.7 Å². The summed E-state index contributed by atoms with van der Waals surface area (Å²) in [5, 5.41) is 0. The van der Waals surface area contributed by atoms with Gasteiger partial charge in [0.1, 0.15) is 0 Å². The molecule has 0 aromatic carbocycles. The summed E-state index contributed by atoms with van der Waals surface area (Å²) in [7, 11) is -1.64. The molecule has 0 bridgehead atoms. The molecule has 1 rings (SSSR count). The predicted octanol–water partition coefficient (Wildman–Crippen LogP) is 3.55. The second-order valence-corrected chi connectivity index (χ2v) is 9.00. The van der Waals surface area contributed by atoms with Crippen LogP contribution in [0.15, 0.2) is 0 Å². The van der Waals surface area contributed by atoms with Crippen molar-refractivity contribution in [2.24, 2.45) is 11.3 Å². The van der Waals surface area contributed by atoms with Crippen LogP contribution >= 0.6 is 0 Å². The SMILES string of the molecule is CCCCN(C)S(=O)(=O)NC1CCC(C(C)(C)CC)CC1. The zero-order chi connectivity index (χ0) is 16.1. The molecule has 1 saturated carbocycles. The molecule has 0 saturated heterocycles. The summed E-state index contributed by atoms with van der Waals surface area (Å²) >= 11 is 0. The first-order valence-electron chi connectivity index (χ1n) is 8.46. The van der Waals surface area contributed by atoms with Crippen LogP contribution in [0.25, 0.3) is 0 Å². The highest BCUT2D eigenvalue weighted by Crippen LogP contribution is 2.40. The number of nitrogens with zero attached hydrogens (tertiary/aromatic N) is 1. The fraction of sp³-hybridized carbons (Fsp3) is 1.00. The lowest BCUT2D eigenvalue weighted by molar-refractivity contribution is 0.141. The molecule has 126 valence electrons. The Bertz CT molecular complexity index is 399. The van der Waals surface area contributed by atoms with E-state index in [4.69, 9.17) is 0 Å². The summed E-state index contributed by atoms with van der Waals surface area (Å²) in [5.41, 5.74) is 0.377. The van der Waals surface area contributed by atoms with Gasteiger partial charge in [-0.1, -0.05) is 40.5 Å². The van der Waals surface area contributed by atoms with Gasteiger partial charge in [0, 0.05) is 19.6 Å². The largest absolute Gasteiger partial charge is 0.279 e. The van der Waals surface area contributed by atoms with Gasteiger partial charge in [-0.15, -0.1) is 0 Å². The van der Waals surface area contributed by atoms with Gasteiger partial charge in [0.2, 0.25) is 0 Å². The number of rotatable bonds is 8. The molecule has 5 heteroatoms. The van der Waals surface area contributed by atoms with Crippen LogP contribution in [0.4, 0.5) is 0 Å². The minimum atomic E-state index is -3.31. The summed E-state index contributed by atoms with van der Waals surface area (Å²) in [6, 6.07) is 0.114. The molecule has 0 amide bonds. The van der Waals surface area contributed by atoms with Gasteiger partial charge < -0.3 is 0 Å². The third-order valence-corrected chi connectivity index (χ3v) is 6.93. The van der Waals surface area contributed by atoms with E-state index < -0.39 is 10.2 Å². The Morgan fingerprint density at radius 1 is 1.14 bits per heavy atom. The third-order valence-electron chi connectivity index (χ3n) is 5.30. The normalized spacial score (nSPS) is 24.5. The van der Waals surface area contributed by atoms with Crippen molar-refractivity contribution in [3.63, 3.8) is 0 Å². The second kappa shape index (κ2) is 7.93. The van der Waals surface area contributed by atoms with Gasteiger partial charge >= 0.3 is 0 Å². The van der Waals surface area contributed by atoms with E-state index in [9.17, 15) is 8.42 Å². The summed E-state index contributed by atoms with van der Waals surface area (Å²) < 4.78 is 28.9. The Kier molecular flexibility index (Phi) is 7.14. The molecule has 0 aliphatic heterocycles. The Morgan fingerprint density at radius 3 is 2.19 bits per heavy atom. The monoisotopic (exact) mass is 318 g/mol. The average Bonchev–Trinajstić information content (AvgIpc) is 2.44. The van der Waals surface area contributed by atoms with Crippen molar-refractivity contribution in [3.05, 3.63) is 0 Å². The van der Waals surface area contributed by atoms with Crippen LogP contribution in [-0.4, -0.2) is 32.4 Å². The molecule has 0 aromatic rings. The van der Waals surface area contributed by atoms with Crippen LogP contribution < -0.4 is 4.72 Å². The number of nitrogens with one attached hydrogen (secondary N) is 1. The van der Waals surface area contributed by atoms with E-state index in [1.807, 2.05) is 0 Å². The summed E-state index contributed by atoms with van der Waals surface area (Å²) in [6.45, 7) is 9.59. The maximum Gasteiger partial charge on any atom is 0.279 e. The molecule has 0 radical (unpaired) electrons. The quantitative estimate of drug-likeness (QED) is 0.744. The van der Waals surface area contributed by atoms with E-state index in [0.29, 0.717) is 12.0 Å². The van der Waals surface area contributed by atoms with Crippen LogP contribution in [0.1, 0.15) is 72.6 Å². The molecular weight excluding hydrogens is 284 g/mol. The van der Waals surface area contributed by atoms with E-state index >= 15 is 0 Å². The van der Waals surface area contributed by atoms with Crippen LogP contribution in [0, 0.1) is 11.3 Å². The Balaban J connectivity index is 2.48. The van der Waals surface area contributed by atoms with Crippen molar-refractivity contribution in [3.8, 4) is 0 Å². The summed E-state index contributed by atoms with van der Waals surface area (Å²) in [4.78, 5) is 0. The molecule has 1 aliphatic carbocycles. The van der Waals surface area contributed by atoms with Crippen LogP contribution in [0.3, 0.4) is 0 Å². The standard InChI is InChI=1S/C16H34N2O2S/c1-6-8-13-18(5)21(19,20)17-15-11-9-14(10-12-15)16(3,4)7-2/h14-15,17H,6-13H2,1-5H3. The van der Waals surface area contributed by atoms with Crippen molar-refractivity contribution in [1.82, 2.24) is 9.03 Å². The Hall–Kier alpha value is -0.130. The molecule has 4 nitrogen and oxygen atoms in total. The van der Waals surface area contributed by atoms with Crippen molar-refractivity contribution in [2.75, 3.05) is 13.6 Å². The minimum absolute atomic E-state index is 0.114. The second-order valence-electron chi connectivity index (χ2n) is 7.19. The predicted molar refractivity (Wildman–Crippen MR) is 89.4 cm³/mol. The number of unbranched alkanes of at least 4 members (excludes halogenated alkanes) is 1. The fourth-order valence-electron chi connectivity index (χ4n) is 3.08. The molecule has 1 aliphatic rings. The van der Waals surface area contributed by atoms with Gasteiger partial charge in [-0.2, -0.15) is 17.4 Å². The minimum Gasteiger partial charge on any atom is -0.199 e. The van der Waals surface area contributed by atoms with Crippen molar-refractivity contribution in [1.29, 1.82) is 0 Å². The van der Waals surface area contributed by atoms with Crippen molar-refractivity contribution >= 4 is 10.2 Å². The van der Waals surface area contributed by atoms with Gasteiger partial charge in [-0.05, 0) is 43.4 Å². The molecule has 0 unspecified atom stereocenters. The third kappa shape index (κ3) is 5.53. The number of hydrogen-bond donors (Lipinski definition) is 1. The maximum atomic E-state index is 12.3. The lowest BCUT2D eigenvalue weighted by Gasteiger charge is -2.39. The maximum absolute atomic E-state index is 12.3. The Morgan fingerprint density at radius 2 is 1.71 bits per heavy atom. The average molecular weight is 319 g/mol.